The quantitative estimate of drug-likeness (QED) is 0.362. The van der Waals surface area contributed by atoms with E-state index in [-0.39, 0.29) is 5.82 Å². The fourth-order valence-corrected chi connectivity index (χ4v) is 2.96. The minimum atomic E-state index is -0.276. The number of hydrazone groups is 1. The van der Waals surface area contributed by atoms with Gasteiger partial charge in [0.25, 0.3) is 0 Å². The zero-order valence-electron chi connectivity index (χ0n) is 15.2. The molecule has 1 heterocycles. The molecule has 0 spiro atoms. The standard InChI is InChI=1S/C20H19ClFN5S/c1-14-18(12-24-25-20(28)23-11-15-5-3-2-4-6-15)19(21)27(26-14)13-16-7-9-17(22)10-8-16/h2-10,12H,11,13H2,1H3,(H2,23,25,28). The van der Waals surface area contributed by atoms with Gasteiger partial charge in [0.2, 0.25) is 0 Å². The van der Waals surface area contributed by atoms with Gasteiger partial charge in [0.05, 0.1) is 24.0 Å². The second-order valence-corrected chi connectivity index (χ2v) is 6.88. The van der Waals surface area contributed by atoms with E-state index in [1.807, 2.05) is 37.3 Å². The highest BCUT2D eigenvalue weighted by Gasteiger charge is 2.12. The fourth-order valence-electron chi connectivity index (χ4n) is 2.55. The summed E-state index contributed by atoms with van der Waals surface area (Å²) in [6.45, 7) is 2.90. The predicted molar refractivity (Wildman–Crippen MR) is 114 cm³/mol. The smallest absolute Gasteiger partial charge is 0.187 e. The van der Waals surface area contributed by atoms with Crippen molar-refractivity contribution in [2.45, 2.75) is 20.0 Å². The molecule has 144 valence electrons. The van der Waals surface area contributed by atoms with Crippen LogP contribution in [0.1, 0.15) is 22.4 Å². The second kappa shape index (κ2) is 9.43. The van der Waals surface area contributed by atoms with Crippen molar-refractivity contribution in [2.75, 3.05) is 0 Å². The molecular weight excluding hydrogens is 397 g/mol. The first-order valence-electron chi connectivity index (χ1n) is 8.61. The molecule has 0 unspecified atom stereocenters. The van der Waals surface area contributed by atoms with Gasteiger partial charge in [-0.25, -0.2) is 9.07 Å². The molecule has 0 radical (unpaired) electrons. The fraction of sp³-hybridized carbons (Fsp3) is 0.150. The maximum absolute atomic E-state index is 13.0. The Labute approximate surface area is 173 Å². The number of hydrogen-bond donors (Lipinski definition) is 2. The average molecular weight is 416 g/mol. The molecule has 0 amide bonds. The summed E-state index contributed by atoms with van der Waals surface area (Å²) in [5.74, 6) is -0.276. The van der Waals surface area contributed by atoms with E-state index in [1.165, 1.54) is 12.1 Å². The van der Waals surface area contributed by atoms with E-state index < -0.39 is 0 Å². The lowest BCUT2D eigenvalue weighted by Gasteiger charge is -2.06. The second-order valence-electron chi connectivity index (χ2n) is 6.11. The maximum Gasteiger partial charge on any atom is 0.187 e. The highest BCUT2D eigenvalue weighted by atomic mass is 35.5. The van der Waals surface area contributed by atoms with Crippen LogP contribution in [-0.4, -0.2) is 21.1 Å². The lowest BCUT2D eigenvalue weighted by atomic mass is 10.2. The highest BCUT2D eigenvalue weighted by molar-refractivity contribution is 7.80. The lowest BCUT2D eigenvalue weighted by Crippen LogP contribution is -2.31. The molecule has 0 aliphatic rings. The highest BCUT2D eigenvalue weighted by Crippen LogP contribution is 2.19. The molecule has 0 saturated carbocycles. The summed E-state index contributed by atoms with van der Waals surface area (Å²) in [7, 11) is 0. The number of benzene rings is 2. The van der Waals surface area contributed by atoms with Crippen LogP contribution in [0.15, 0.2) is 59.7 Å². The Morgan fingerprint density at radius 1 is 1.18 bits per heavy atom. The minimum absolute atomic E-state index is 0.276. The van der Waals surface area contributed by atoms with Crippen LogP contribution in [0, 0.1) is 12.7 Å². The van der Waals surface area contributed by atoms with E-state index >= 15 is 0 Å². The van der Waals surface area contributed by atoms with Crippen molar-refractivity contribution < 1.29 is 4.39 Å². The van der Waals surface area contributed by atoms with E-state index in [1.54, 1.807) is 23.0 Å². The van der Waals surface area contributed by atoms with Crippen LogP contribution in [0.25, 0.3) is 0 Å². The van der Waals surface area contributed by atoms with E-state index in [4.69, 9.17) is 23.8 Å². The molecule has 0 saturated heterocycles. The zero-order chi connectivity index (χ0) is 19.9. The Hall–Kier alpha value is -2.77. The number of aryl methyl sites for hydroxylation is 1. The van der Waals surface area contributed by atoms with Gasteiger partial charge in [-0.1, -0.05) is 54.1 Å². The molecule has 0 aliphatic carbocycles. The normalized spacial score (nSPS) is 11.0. The van der Waals surface area contributed by atoms with Gasteiger partial charge in [0.1, 0.15) is 11.0 Å². The van der Waals surface area contributed by atoms with Gasteiger partial charge in [-0.3, -0.25) is 5.43 Å². The van der Waals surface area contributed by atoms with Gasteiger partial charge >= 0.3 is 0 Å². The van der Waals surface area contributed by atoms with Gasteiger partial charge in [-0.2, -0.15) is 10.2 Å². The first kappa shape index (κ1) is 20.0. The largest absolute Gasteiger partial charge is 0.357 e. The van der Waals surface area contributed by atoms with Gasteiger partial charge < -0.3 is 5.32 Å². The number of halogens is 2. The topological polar surface area (TPSA) is 54.2 Å². The Morgan fingerprint density at radius 2 is 1.89 bits per heavy atom. The number of nitrogens with zero attached hydrogens (tertiary/aromatic N) is 3. The molecule has 3 aromatic rings. The van der Waals surface area contributed by atoms with E-state index in [2.05, 4.69) is 20.9 Å². The number of aromatic nitrogens is 2. The summed E-state index contributed by atoms with van der Waals surface area (Å²) in [6, 6.07) is 16.2. The Balaban J connectivity index is 1.58. The van der Waals surface area contributed by atoms with Crippen LogP contribution in [-0.2, 0) is 13.1 Å². The monoisotopic (exact) mass is 415 g/mol. The molecule has 5 nitrogen and oxygen atoms in total. The van der Waals surface area contributed by atoms with Crippen molar-refractivity contribution in [3.63, 3.8) is 0 Å². The third-order valence-corrected chi connectivity index (χ3v) is 4.64. The van der Waals surface area contributed by atoms with Crippen LogP contribution in [0.5, 0.6) is 0 Å². The Kier molecular flexibility index (Phi) is 6.73. The third kappa shape index (κ3) is 5.37. The summed E-state index contributed by atoms with van der Waals surface area (Å²) >= 11 is 11.6. The SMILES string of the molecule is Cc1nn(Cc2ccc(F)cc2)c(Cl)c1C=NNC(=S)NCc1ccccc1. The van der Waals surface area contributed by atoms with Gasteiger partial charge in [0, 0.05) is 6.54 Å². The molecule has 2 aromatic carbocycles. The number of rotatable bonds is 6. The van der Waals surface area contributed by atoms with Crippen molar-refractivity contribution in [2.24, 2.45) is 5.10 Å². The summed E-state index contributed by atoms with van der Waals surface area (Å²) in [6.07, 6.45) is 1.59. The Morgan fingerprint density at radius 3 is 2.61 bits per heavy atom. The Bertz CT molecular complexity index is 970. The first-order chi connectivity index (χ1) is 13.5. The van der Waals surface area contributed by atoms with Gasteiger partial charge in [-0.05, 0) is 42.4 Å². The summed E-state index contributed by atoms with van der Waals surface area (Å²) < 4.78 is 14.7. The minimum Gasteiger partial charge on any atom is -0.357 e. The maximum atomic E-state index is 13.0. The molecule has 28 heavy (non-hydrogen) atoms. The summed E-state index contributed by atoms with van der Waals surface area (Å²) in [4.78, 5) is 0. The van der Waals surface area contributed by atoms with E-state index in [0.29, 0.717) is 28.9 Å². The van der Waals surface area contributed by atoms with Crippen LogP contribution in [0.3, 0.4) is 0 Å². The van der Waals surface area contributed by atoms with Crippen LogP contribution < -0.4 is 10.7 Å². The van der Waals surface area contributed by atoms with Gasteiger partial charge in [-0.15, -0.1) is 0 Å². The van der Waals surface area contributed by atoms with Crippen molar-refractivity contribution in [3.8, 4) is 0 Å². The lowest BCUT2D eigenvalue weighted by molar-refractivity contribution is 0.624. The molecule has 0 fully saturated rings. The number of nitrogens with one attached hydrogen (secondary N) is 2. The molecule has 1 aromatic heterocycles. The van der Waals surface area contributed by atoms with Crippen molar-refractivity contribution in [1.29, 1.82) is 0 Å². The summed E-state index contributed by atoms with van der Waals surface area (Å²) in [5, 5.41) is 12.5. The van der Waals surface area contributed by atoms with Gasteiger partial charge in [0.15, 0.2) is 5.11 Å². The van der Waals surface area contributed by atoms with E-state index in [9.17, 15) is 4.39 Å². The van der Waals surface area contributed by atoms with Crippen molar-refractivity contribution >= 4 is 35.1 Å². The first-order valence-corrected chi connectivity index (χ1v) is 9.39. The third-order valence-electron chi connectivity index (χ3n) is 4.01. The summed E-state index contributed by atoms with van der Waals surface area (Å²) in [5.41, 5.74) is 6.23. The zero-order valence-corrected chi connectivity index (χ0v) is 16.8. The predicted octanol–water partition coefficient (Wildman–Crippen LogP) is 4.03. The molecule has 0 aliphatic heterocycles. The molecule has 2 N–H and O–H groups in total. The number of thiocarbonyl (C=S) groups is 1. The van der Waals surface area contributed by atoms with Crippen LogP contribution >= 0.6 is 23.8 Å². The van der Waals surface area contributed by atoms with Crippen molar-refractivity contribution in [1.82, 2.24) is 20.5 Å². The molecule has 3 rings (SSSR count). The molecule has 8 heteroatoms. The van der Waals surface area contributed by atoms with Crippen molar-refractivity contribution in [3.05, 3.63) is 88.0 Å². The van der Waals surface area contributed by atoms with Crippen LogP contribution in [0.2, 0.25) is 5.15 Å². The number of hydrogen-bond acceptors (Lipinski definition) is 3. The molecular formula is C20H19ClFN5S. The van der Waals surface area contributed by atoms with Crippen LogP contribution in [0.4, 0.5) is 4.39 Å². The molecule has 0 bridgehead atoms. The van der Waals surface area contributed by atoms with E-state index in [0.717, 1.165) is 16.8 Å². The average Bonchev–Trinajstić information content (AvgIpc) is 2.96. The molecule has 0 atom stereocenters.